The lowest BCUT2D eigenvalue weighted by Crippen LogP contribution is -2.40. The van der Waals surface area contributed by atoms with E-state index in [2.05, 4.69) is 15.1 Å². The Labute approximate surface area is 110 Å². The molecular formula is C9H13ClN4O3S. The van der Waals surface area contributed by atoms with Gasteiger partial charge in [0.05, 0.1) is 5.69 Å². The summed E-state index contributed by atoms with van der Waals surface area (Å²) in [6, 6.07) is -0.745. The number of amides is 1. The van der Waals surface area contributed by atoms with Crippen molar-refractivity contribution in [1.82, 2.24) is 19.8 Å². The number of halogens is 1. The molecule has 1 amide bonds. The number of nitrogens with one attached hydrogen (secondary N) is 2. The second-order valence-electron chi connectivity index (χ2n) is 4.08. The molecule has 1 aliphatic rings. The SMILES string of the molecule is Cc1nn(C)c(Cl)c1S(=O)(=O)N[C@H]1CCNC1=O. The van der Waals surface area contributed by atoms with Crippen LogP contribution in [0.5, 0.6) is 0 Å². The highest BCUT2D eigenvalue weighted by Gasteiger charge is 2.32. The van der Waals surface area contributed by atoms with Crippen molar-refractivity contribution in [1.29, 1.82) is 0 Å². The summed E-state index contributed by atoms with van der Waals surface area (Å²) in [5.74, 6) is -0.323. The minimum atomic E-state index is -3.84. The lowest BCUT2D eigenvalue weighted by molar-refractivity contribution is -0.120. The summed E-state index contributed by atoms with van der Waals surface area (Å²) in [4.78, 5) is 11.3. The molecule has 2 rings (SSSR count). The fourth-order valence-electron chi connectivity index (χ4n) is 1.87. The molecule has 9 heteroatoms. The Balaban J connectivity index is 2.34. The number of aromatic nitrogens is 2. The van der Waals surface area contributed by atoms with Gasteiger partial charge in [0.2, 0.25) is 15.9 Å². The average Bonchev–Trinajstić information content (AvgIpc) is 2.73. The van der Waals surface area contributed by atoms with Crippen molar-refractivity contribution < 1.29 is 13.2 Å². The molecule has 0 bridgehead atoms. The zero-order chi connectivity index (χ0) is 13.5. The van der Waals surface area contributed by atoms with Crippen LogP contribution in [-0.4, -0.2) is 36.7 Å². The van der Waals surface area contributed by atoms with Crippen molar-refractivity contribution >= 4 is 27.5 Å². The lowest BCUT2D eigenvalue weighted by atomic mass is 10.3. The van der Waals surface area contributed by atoms with Gasteiger partial charge in [-0.25, -0.2) is 8.42 Å². The first kappa shape index (κ1) is 13.3. The summed E-state index contributed by atoms with van der Waals surface area (Å²) in [6.07, 6.45) is 0.426. The Morgan fingerprint density at radius 2 is 2.22 bits per heavy atom. The number of sulfonamides is 1. The molecule has 0 saturated carbocycles. The number of carbonyl (C=O) groups excluding carboxylic acids is 1. The van der Waals surface area contributed by atoms with Crippen molar-refractivity contribution in [2.24, 2.45) is 7.05 Å². The number of hydrogen-bond acceptors (Lipinski definition) is 4. The summed E-state index contributed by atoms with van der Waals surface area (Å²) in [5, 5.41) is 6.52. The predicted molar refractivity (Wildman–Crippen MR) is 64.7 cm³/mol. The van der Waals surface area contributed by atoms with Gasteiger partial charge in [-0.15, -0.1) is 0 Å². The van der Waals surface area contributed by atoms with Crippen molar-refractivity contribution in [3.05, 3.63) is 10.8 Å². The average molecular weight is 293 g/mol. The zero-order valence-electron chi connectivity index (χ0n) is 9.90. The van der Waals surface area contributed by atoms with E-state index in [1.165, 1.54) is 4.68 Å². The fourth-order valence-corrected chi connectivity index (χ4v) is 3.85. The predicted octanol–water partition coefficient (Wildman–Crippen LogP) is -0.451. The molecule has 1 fully saturated rings. The maximum atomic E-state index is 12.2. The number of rotatable bonds is 3. The van der Waals surface area contributed by atoms with Crippen LogP contribution in [0.2, 0.25) is 5.15 Å². The Morgan fingerprint density at radius 1 is 1.56 bits per heavy atom. The van der Waals surface area contributed by atoms with E-state index in [9.17, 15) is 13.2 Å². The van der Waals surface area contributed by atoms with Crippen LogP contribution in [0.15, 0.2) is 4.90 Å². The van der Waals surface area contributed by atoms with Crippen LogP contribution >= 0.6 is 11.6 Å². The molecule has 7 nitrogen and oxygen atoms in total. The molecule has 0 aliphatic carbocycles. The van der Waals surface area contributed by atoms with Gasteiger partial charge in [-0.05, 0) is 13.3 Å². The van der Waals surface area contributed by atoms with E-state index >= 15 is 0 Å². The first-order chi connectivity index (χ1) is 8.33. The molecule has 1 aliphatic heterocycles. The molecule has 1 aromatic heterocycles. The molecule has 18 heavy (non-hydrogen) atoms. The molecule has 2 N–H and O–H groups in total. The fraction of sp³-hybridized carbons (Fsp3) is 0.556. The van der Waals surface area contributed by atoms with Gasteiger partial charge >= 0.3 is 0 Å². The van der Waals surface area contributed by atoms with Gasteiger partial charge in [-0.2, -0.15) is 9.82 Å². The van der Waals surface area contributed by atoms with Crippen molar-refractivity contribution in [3.8, 4) is 0 Å². The van der Waals surface area contributed by atoms with Gasteiger partial charge in [0, 0.05) is 13.6 Å². The molecular weight excluding hydrogens is 280 g/mol. The second-order valence-corrected chi connectivity index (χ2v) is 6.09. The first-order valence-electron chi connectivity index (χ1n) is 5.32. The molecule has 2 heterocycles. The minimum absolute atomic E-state index is 0.0263. The van der Waals surface area contributed by atoms with E-state index in [4.69, 9.17) is 11.6 Å². The van der Waals surface area contributed by atoms with Crippen LogP contribution in [0.4, 0.5) is 0 Å². The van der Waals surface area contributed by atoms with Crippen LogP contribution in [0, 0.1) is 6.92 Å². The highest BCUT2D eigenvalue weighted by atomic mass is 35.5. The zero-order valence-corrected chi connectivity index (χ0v) is 11.5. The Bertz CT molecular complexity index is 595. The summed E-state index contributed by atoms with van der Waals surface area (Å²) in [5.41, 5.74) is 0.299. The maximum absolute atomic E-state index is 12.2. The smallest absolute Gasteiger partial charge is 0.246 e. The third-order valence-corrected chi connectivity index (χ3v) is 4.88. The molecule has 0 unspecified atom stereocenters. The van der Waals surface area contributed by atoms with E-state index in [-0.39, 0.29) is 16.0 Å². The third kappa shape index (κ3) is 2.23. The standard InChI is InChI=1S/C9H13ClN4O3S/c1-5-7(8(10)14(2)12-5)18(16,17)13-6-3-4-11-9(6)15/h6,13H,3-4H2,1-2H3,(H,11,15)/t6-/m0/s1. The monoisotopic (exact) mass is 292 g/mol. The molecule has 1 aromatic rings. The molecule has 100 valence electrons. The van der Waals surface area contributed by atoms with Crippen LogP contribution in [0.3, 0.4) is 0 Å². The van der Waals surface area contributed by atoms with E-state index in [1.807, 2.05) is 0 Å². The third-order valence-electron chi connectivity index (χ3n) is 2.71. The topological polar surface area (TPSA) is 93.1 Å². The van der Waals surface area contributed by atoms with Crippen LogP contribution in [0.1, 0.15) is 12.1 Å². The molecule has 1 saturated heterocycles. The molecule has 0 aromatic carbocycles. The molecule has 0 spiro atoms. The van der Waals surface area contributed by atoms with Crippen molar-refractivity contribution in [2.75, 3.05) is 6.54 Å². The number of hydrogen-bond donors (Lipinski definition) is 2. The van der Waals surface area contributed by atoms with Crippen LogP contribution in [-0.2, 0) is 21.9 Å². The van der Waals surface area contributed by atoms with E-state index in [0.29, 0.717) is 18.7 Å². The quantitative estimate of drug-likeness (QED) is 0.789. The number of aryl methyl sites for hydroxylation is 2. The summed E-state index contributed by atoms with van der Waals surface area (Å²) in [7, 11) is -2.29. The highest BCUT2D eigenvalue weighted by molar-refractivity contribution is 7.89. The van der Waals surface area contributed by atoms with Gasteiger partial charge in [0.15, 0.2) is 0 Å². The highest BCUT2D eigenvalue weighted by Crippen LogP contribution is 2.24. The number of carbonyl (C=O) groups is 1. The number of nitrogens with zero attached hydrogens (tertiary/aromatic N) is 2. The normalized spacial score (nSPS) is 20.2. The van der Waals surface area contributed by atoms with Crippen molar-refractivity contribution in [3.63, 3.8) is 0 Å². The van der Waals surface area contributed by atoms with Gasteiger partial charge in [-0.3, -0.25) is 9.48 Å². The largest absolute Gasteiger partial charge is 0.355 e. The second kappa shape index (κ2) is 4.52. The van der Waals surface area contributed by atoms with E-state index in [0.717, 1.165) is 0 Å². The van der Waals surface area contributed by atoms with Gasteiger partial charge < -0.3 is 5.32 Å². The molecule has 1 atom stereocenters. The van der Waals surface area contributed by atoms with Crippen LogP contribution < -0.4 is 10.0 Å². The Morgan fingerprint density at radius 3 is 2.67 bits per heavy atom. The summed E-state index contributed by atoms with van der Waals surface area (Å²) in [6.45, 7) is 2.01. The summed E-state index contributed by atoms with van der Waals surface area (Å²) >= 11 is 5.90. The Kier molecular flexibility index (Phi) is 3.35. The van der Waals surface area contributed by atoms with Gasteiger partial charge in [-0.1, -0.05) is 11.6 Å². The van der Waals surface area contributed by atoms with Crippen molar-refractivity contribution in [2.45, 2.75) is 24.3 Å². The lowest BCUT2D eigenvalue weighted by Gasteiger charge is -2.10. The van der Waals surface area contributed by atoms with E-state index < -0.39 is 16.1 Å². The summed E-state index contributed by atoms with van der Waals surface area (Å²) < 4.78 is 27.9. The molecule has 0 radical (unpaired) electrons. The van der Waals surface area contributed by atoms with Gasteiger partial charge in [0.25, 0.3) is 0 Å². The minimum Gasteiger partial charge on any atom is -0.355 e. The van der Waals surface area contributed by atoms with Gasteiger partial charge in [0.1, 0.15) is 16.1 Å². The first-order valence-corrected chi connectivity index (χ1v) is 7.18. The Hall–Kier alpha value is -1.12. The van der Waals surface area contributed by atoms with Crippen LogP contribution in [0.25, 0.3) is 0 Å². The van der Waals surface area contributed by atoms with E-state index in [1.54, 1.807) is 14.0 Å². The maximum Gasteiger partial charge on any atom is 0.246 e.